The number of carbonyl (C=O) groups excluding carboxylic acids is 1. The zero-order chi connectivity index (χ0) is 15.5. The van der Waals surface area contributed by atoms with Gasteiger partial charge in [0.2, 0.25) is 0 Å². The normalized spacial score (nSPS) is 44.1. The number of fused-ring (bicyclic) bond motifs is 4. The topological polar surface area (TPSA) is 26.3 Å². The molecule has 0 bridgehead atoms. The van der Waals surface area contributed by atoms with Crippen molar-refractivity contribution in [1.82, 2.24) is 0 Å². The van der Waals surface area contributed by atoms with Crippen molar-refractivity contribution in [1.29, 1.82) is 0 Å². The molecule has 5 atom stereocenters. The Morgan fingerprint density at radius 1 is 1.32 bits per heavy atom. The maximum Gasteiger partial charge on any atom is 0.139 e. The molecule has 2 saturated carbocycles. The summed E-state index contributed by atoms with van der Waals surface area (Å²) in [7, 11) is 1.79. The molecule has 0 heterocycles. The molecule has 0 aromatic rings. The average molecular weight is 300 g/mol. The number of methoxy groups -OCH3 is 1. The molecule has 4 aliphatic carbocycles. The molecular formula is C20H28O2. The first kappa shape index (κ1) is 14.5. The minimum absolute atomic E-state index is 0.00428. The lowest BCUT2D eigenvalue weighted by atomic mass is 9.52. The van der Waals surface area contributed by atoms with E-state index in [2.05, 4.69) is 19.9 Å². The molecule has 0 amide bonds. The fourth-order valence-electron chi connectivity index (χ4n) is 6.23. The second kappa shape index (κ2) is 4.97. The number of hydrogen-bond acceptors (Lipinski definition) is 2. The van der Waals surface area contributed by atoms with Gasteiger partial charge in [0, 0.05) is 18.3 Å². The van der Waals surface area contributed by atoms with Gasteiger partial charge in [-0.3, -0.25) is 4.79 Å². The Labute approximate surface area is 134 Å². The summed E-state index contributed by atoms with van der Waals surface area (Å²) in [6, 6.07) is 0. The molecule has 0 saturated heterocycles. The van der Waals surface area contributed by atoms with Gasteiger partial charge in [0.25, 0.3) is 0 Å². The van der Waals surface area contributed by atoms with Gasteiger partial charge in [-0.25, -0.2) is 0 Å². The third-order valence-electron chi connectivity index (χ3n) is 7.37. The van der Waals surface area contributed by atoms with Crippen LogP contribution in [-0.4, -0.2) is 12.9 Å². The van der Waals surface area contributed by atoms with E-state index in [-0.39, 0.29) is 5.41 Å². The second-order valence-corrected chi connectivity index (χ2v) is 8.27. The molecule has 2 fully saturated rings. The van der Waals surface area contributed by atoms with E-state index >= 15 is 0 Å². The molecule has 0 aliphatic heterocycles. The molecule has 2 nitrogen and oxygen atoms in total. The fraction of sp³-hybridized carbons (Fsp3) is 0.750. The lowest BCUT2D eigenvalue weighted by Crippen LogP contribution is -2.46. The van der Waals surface area contributed by atoms with Crippen molar-refractivity contribution in [3.63, 3.8) is 0 Å². The third kappa shape index (κ3) is 1.88. The maximum absolute atomic E-state index is 12.4. The largest absolute Gasteiger partial charge is 0.501 e. The SMILES string of the molecule is COC1=CCC2=C(C1)C[C@H](C)[C@@H]1[C@@H]2CC[C@]2(C)C(=O)CC[C@@H]12. The van der Waals surface area contributed by atoms with E-state index < -0.39 is 0 Å². The van der Waals surface area contributed by atoms with Crippen LogP contribution >= 0.6 is 0 Å². The Morgan fingerprint density at radius 2 is 2.14 bits per heavy atom. The minimum Gasteiger partial charge on any atom is -0.501 e. The fourth-order valence-corrected chi connectivity index (χ4v) is 6.23. The van der Waals surface area contributed by atoms with Crippen LogP contribution in [0.15, 0.2) is 23.0 Å². The summed E-state index contributed by atoms with van der Waals surface area (Å²) < 4.78 is 5.49. The minimum atomic E-state index is -0.00428. The zero-order valence-corrected chi connectivity index (χ0v) is 14.2. The molecular weight excluding hydrogens is 272 g/mol. The maximum atomic E-state index is 12.4. The smallest absolute Gasteiger partial charge is 0.139 e. The van der Waals surface area contributed by atoms with Crippen LogP contribution in [0.4, 0.5) is 0 Å². The highest BCUT2D eigenvalue weighted by Crippen LogP contribution is 2.61. The van der Waals surface area contributed by atoms with E-state index in [1.165, 1.54) is 12.8 Å². The number of ether oxygens (including phenoxy) is 1. The first-order valence-corrected chi connectivity index (χ1v) is 9.01. The van der Waals surface area contributed by atoms with Crippen molar-refractivity contribution in [2.75, 3.05) is 7.11 Å². The predicted molar refractivity (Wildman–Crippen MR) is 87.2 cm³/mol. The summed E-state index contributed by atoms with van der Waals surface area (Å²) in [6.45, 7) is 4.70. The first-order valence-electron chi connectivity index (χ1n) is 9.01. The monoisotopic (exact) mass is 300 g/mol. The van der Waals surface area contributed by atoms with Crippen molar-refractivity contribution < 1.29 is 9.53 Å². The first-order chi connectivity index (χ1) is 10.5. The number of Topliss-reactive ketones (excluding diaryl/α,β-unsaturated/α-hetero) is 1. The van der Waals surface area contributed by atoms with E-state index in [1.54, 1.807) is 18.3 Å². The molecule has 22 heavy (non-hydrogen) atoms. The summed E-state index contributed by atoms with van der Waals surface area (Å²) in [5.74, 6) is 4.53. The van der Waals surface area contributed by atoms with Crippen LogP contribution in [0, 0.1) is 29.1 Å². The molecule has 120 valence electrons. The molecule has 2 heteroatoms. The summed E-state index contributed by atoms with van der Waals surface area (Å²) in [5.41, 5.74) is 3.36. The van der Waals surface area contributed by atoms with E-state index in [1.807, 2.05) is 0 Å². The van der Waals surface area contributed by atoms with Crippen LogP contribution in [0.2, 0.25) is 0 Å². The highest BCUT2D eigenvalue weighted by Gasteiger charge is 2.56. The van der Waals surface area contributed by atoms with E-state index in [0.29, 0.717) is 11.7 Å². The van der Waals surface area contributed by atoms with Crippen molar-refractivity contribution in [3.05, 3.63) is 23.0 Å². The number of carbonyl (C=O) groups is 1. The van der Waals surface area contributed by atoms with Crippen LogP contribution in [-0.2, 0) is 9.53 Å². The second-order valence-electron chi connectivity index (χ2n) is 8.27. The lowest BCUT2D eigenvalue weighted by molar-refractivity contribution is -0.130. The van der Waals surface area contributed by atoms with Crippen molar-refractivity contribution >= 4 is 5.78 Å². The van der Waals surface area contributed by atoms with Crippen molar-refractivity contribution in [3.8, 4) is 0 Å². The molecule has 4 rings (SSSR count). The molecule has 0 aromatic heterocycles. The van der Waals surface area contributed by atoms with Gasteiger partial charge in [0.15, 0.2) is 0 Å². The predicted octanol–water partition coefficient (Wildman–Crippen LogP) is 4.66. The van der Waals surface area contributed by atoms with Gasteiger partial charge in [-0.15, -0.1) is 0 Å². The quantitative estimate of drug-likeness (QED) is 0.658. The van der Waals surface area contributed by atoms with Gasteiger partial charge in [-0.1, -0.05) is 25.0 Å². The van der Waals surface area contributed by atoms with Gasteiger partial charge < -0.3 is 4.74 Å². The Balaban J connectivity index is 1.67. The molecule has 4 aliphatic rings. The van der Waals surface area contributed by atoms with Gasteiger partial charge >= 0.3 is 0 Å². The summed E-state index contributed by atoms with van der Waals surface area (Å²) >= 11 is 0. The number of allylic oxidation sites excluding steroid dienone is 3. The van der Waals surface area contributed by atoms with Gasteiger partial charge in [0.1, 0.15) is 5.78 Å². The van der Waals surface area contributed by atoms with Crippen LogP contribution in [0.3, 0.4) is 0 Å². The van der Waals surface area contributed by atoms with Gasteiger partial charge in [-0.05, 0) is 61.9 Å². The van der Waals surface area contributed by atoms with Crippen LogP contribution in [0.1, 0.15) is 58.8 Å². The number of hydrogen-bond donors (Lipinski definition) is 0. The lowest BCUT2D eigenvalue weighted by Gasteiger charge is -2.52. The third-order valence-corrected chi connectivity index (χ3v) is 7.37. The summed E-state index contributed by atoms with van der Waals surface area (Å²) in [5, 5.41) is 0. The van der Waals surface area contributed by atoms with Crippen molar-refractivity contribution in [2.45, 2.75) is 58.8 Å². The van der Waals surface area contributed by atoms with E-state index in [9.17, 15) is 4.79 Å². The molecule has 0 aromatic carbocycles. The molecule has 0 spiro atoms. The van der Waals surface area contributed by atoms with E-state index in [0.717, 1.165) is 55.6 Å². The van der Waals surface area contributed by atoms with Gasteiger partial charge in [-0.2, -0.15) is 0 Å². The van der Waals surface area contributed by atoms with Crippen LogP contribution in [0.25, 0.3) is 0 Å². The van der Waals surface area contributed by atoms with E-state index in [4.69, 9.17) is 4.74 Å². The Hall–Kier alpha value is -1.05. The summed E-state index contributed by atoms with van der Waals surface area (Å²) in [6.07, 6.45) is 9.94. The highest BCUT2D eigenvalue weighted by molar-refractivity contribution is 5.87. The molecule has 0 N–H and O–H groups in total. The Morgan fingerprint density at radius 3 is 2.91 bits per heavy atom. The number of ketones is 1. The zero-order valence-electron chi connectivity index (χ0n) is 14.2. The van der Waals surface area contributed by atoms with Crippen LogP contribution < -0.4 is 0 Å². The van der Waals surface area contributed by atoms with Gasteiger partial charge in [0.05, 0.1) is 12.9 Å². The standard InChI is InChI=1S/C20H28O2/c1-12-10-13-11-14(22-3)4-5-15(13)16-8-9-20(2)17(19(12)16)6-7-18(20)21/h4,12,16-17,19H,5-11H2,1-3H3/t12-,16+,17-,19+,20-/m0/s1. The Bertz CT molecular complexity index is 570. The van der Waals surface area contributed by atoms with Crippen molar-refractivity contribution in [2.24, 2.45) is 29.1 Å². The summed E-state index contributed by atoms with van der Waals surface area (Å²) in [4.78, 5) is 12.4. The van der Waals surface area contributed by atoms with Crippen LogP contribution in [0.5, 0.6) is 0 Å². The highest BCUT2D eigenvalue weighted by atomic mass is 16.5. The Kier molecular flexibility index (Phi) is 3.29. The molecule has 0 radical (unpaired) electrons. The molecule has 0 unspecified atom stereocenters. The average Bonchev–Trinajstić information content (AvgIpc) is 2.82. The number of rotatable bonds is 1.